The molecule has 0 bridgehead atoms. The Morgan fingerprint density at radius 2 is 2.23 bits per heavy atom. The van der Waals surface area contributed by atoms with Crippen LogP contribution < -0.4 is 0 Å². The molecule has 0 spiro atoms. The largest absolute Gasteiger partial charge is 0.437 e. The second kappa shape index (κ2) is 5.37. The number of halogens is 1. The number of nitrogens with one attached hydrogen (secondary N) is 1. The molecule has 2 N–H and O–H groups in total. The standard InChI is InChI=1S/C16H17BBrN3O/c1-17(22)21-8-2-3-14(21)16-19-13-7-4-10-9-11(18)5-6-12(10)15(13)20-16/h4-7,9,14,22H,2-3,8H2,1H3,(H,19,20)/t14-/m0/s1. The van der Waals surface area contributed by atoms with Gasteiger partial charge >= 0.3 is 7.05 Å². The molecule has 1 aromatic heterocycles. The number of fused-ring (bicyclic) bond motifs is 3. The average Bonchev–Trinajstić information content (AvgIpc) is 3.12. The third-order valence-corrected chi connectivity index (χ3v) is 5.03. The van der Waals surface area contributed by atoms with Crippen molar-refractivity contribution in [3.63, 3.8) is 0 Å². The summed E-state index contributed by atoms with van der Waals surface area (Å²) >= 11 is 3.52. The van der Waals surface area contributed by atoms with E-state index in [4.69, 9.17) is 4.98 Å². The predicted octanol–water partition coefficient (Wildman–Crippen LogP) is 3.73. The van der Waals surface area contributed by atoms with Gasteiger partial charge in [-0.2, -0.15) is 0 Å². The number of benzene rings is 2. The van der Waals surface area contributed by atoms with Gasteiger partial charge in [0.1, 0.15) is 5.82 Å². The van der Waals surface area contributed by atoms with Crippen molar-refractivity contribution in [3.8, 4) is 0 Å². The third kappa shape index (κ3) is 2.26. The summed E-state index contributed by atoms with van der Waals surface area (Å²) in [6.07, 6.45) is 2.13. The zero-order valence-corrected chi connectivity index (χ0v) is 14.0. The SMILES string of the molecule is CB(O)N1CCC[C@H]1c1nc2c(ccc3cc(Br)ccc32)[nH]1. The monoisotopic (exact) mass is 357 g/mol. The number of rotatable bonds is 2. The van der Waals surface area contributed by atoms with Crippen LogP contribution in [0.3, 0.4) is 0 Å². The van der Waals surface area contributed by atoms with Crippen LogP contribution in [0.4, 0.5) is 0 Å². The average molecular weight is 358 g/mol. The highest BCUT2D eigenvalue weighted by Gasteiger charge is 2.33. The highest BCUT2D eigenvalue weighted by molar-refractivity contribution is 9.10. The van der Waals surface area contributed by atoms with Crippen LogP contribution in [0.25, 0.3) is 21.8 Å². The smallest absolute Gasteiger partial charge is 0.377 e. The first-order valence-corrected chi connectivity index (χ1v) is 8.44. The number of hydrogen-bond acceptors (Lipinski definition) is 3. The molecule has 0 unspecified atom stereocenters. The molecule has 0 saturated carbocycles. The van der Waals surface area contributed by atoms with Crippen molar-refractivity contribution in [2.75, 3.05) is 6.54 Å². The molecule has 1 saturated heterocycles. The van der Waals surface area contributed by atoms with Crippen LogP contribution in [-0.2, 0) is 0 Å². The molecule has 0 radical (unpaired) electrons. The highest BCUT2D eigenvalue weighted by atomic mass is 79.9. The molecule has 22 heavy (non-hydrogen) atoms. The van der Waals surface area contributed by atoms with Gasteiger partial charge in [-0.05, 0) is 49.8 Å². The quantitative estimate of drug-likeness (QED) is 0.687. The molecular weight excluding hydrogens is 341 g/mol. The lowest BCUT2D eigenvalue weighted by Gasteiger charge is -2.23. The van der Waals surface area contributed by atoms with Crippen LogP contribution in [0.15, 0.2) is 34.8 Å². The summed E-state index contributed by atoms with van der Waals surface area (Å²) < 4.78 is 1.08. The van der Waals surface area contributed by atoms with E-state index in [2.05, 4.69) is 50.0 Å². The van der Waals surface area contributed by atoms with Crippen molar-refractivity contribution in [1.82, 2.24) is 14.8 Å². The molecule has 4 rings (SSSR count). The van der Waals surface area contributed by atoms with Gasteiger partial charge in [-0.25, -0.2) is 4.98 Å². The van der Waals surface area contributed by atoms with Gasteiger partial charge < -0.3 is 14.8 Å². The number of nitrogens with zero attached hydrogens (tertiary/aromatic N) is 2. The Morgan fingerprint density at radius 3 is 3.05 bits per heavy atom. The molecule has 2 heterocycles. The molecule has 112 valence electrons. The Bertz CT molecular complexity index is 848. The van der Waals surface area contributed by atoms with Crippen LogP contribution in [0, 0.1) is 0 Å². The Labute approximate surface area is 137 Å². The number of aromatic amines is 1. The van der Waals surface area contributed by atoms with Gasteiger partial charge in [0.15, 0.2) is 0 Å². The van der Waals surface area contributed by atoms with Crippen LogP contribution in [-0.4, -0.2) is 33.4 Å². The first-order chi connectivity index (χ1) is 10.6. The second-order valence-electron chi connectivity index (χ2n) is 5.98. The predicted molar refractivity (Wildman–Crippen MR) is 93.8 cm³/mol. The van der Waals surface area contributed by atoms with Crippen LogP contribution in [0.1, 0.15) is 24.7 Å². The highest BCUT2D eigenvalue weighted by Crippen LogP contribution is 2.33. The first kappa shape index (κ1) is 14.2. The van der Waals surface area contributed by atoms with Gasteiger partial charge in [0, 0.05) is 9.86 Å². The molecule has 1 aliphatic heterocycles. The Hall–Kier alpha value is -1.37. The van der Waals surface area contributed by atoms with Gasteiger partial charge in [0.2, 0.25) is 0 Å². The van der Waals surface area contributed by atoms with Crippen molar-refractivity contribution >= 4 is 44.8 Å². The van der Waals surface area contributed by atoms with Crippen LogP contribution in [0.2, 0.25) is 6.82 Å². The van der Waals surface area contributed by atoms with Gasteiger partial charge in [-0.1, -0.05) is 28.1 Å². The third-order valence-electron chi connectivity index (χ3n) is 4.54. The van der Waals surface area contributed by atoms with E-state index in [-0.39, 0.29) is 6.04 Å². The van der Waals surface area contributed by atoms with E-state index in [9.17, 15) is 5.02 Å². The van der Waals surface area contributed by atoms with E-state index in [0.717, 1.165) is 46.1 Å². The molecular formula is C16H17BBrN3O. The van der Waals surface area contributed by atoms with Crippen LogP contribution >= 0.6 is 15.9 Å². The minimum absolute atomic E-state index is 0.179. The molecule has 1 aliphatic rings. The molecule has 1 atom stereocenters. The number of H-pyrrole nitrogens is 1. The molecule has 4 nitrogen and oxygen atoms in total. The van der Waals surface area contributed by atoms with Crippen molar-refractivity contribution in [2.45, 2.75) is 25.7 Å². The number of imidazole rings is 1. The minimum Gasteiger partial charge on any atom is -0.437 e. The summed E-state index contributed by atoms with van der Waals surface area (Å²) in [7, 11) is -0.437. The maximum Gasteiger partial charge on any atom is 0.377 e. The Morgan fingerprint density at radius 1 is 1.36 bits per heavy atom. The van der Waals surface area contributed by atoms with Crippen molar-refractivity contribution < 1.29 is 5.02 Å². The fraction of sp³-hybridized carbons (Fsp3) is 0.312. The molecule has 1 fully saturated rings. The lowest BCUT2D eigenvalue weighted by Crippen LogP contribution is -2.36. The van der Waals surface area contributed by atoms with E-state index in [0.29, 0.717) is 0 Å². The lowest BCUT2D eigenvalue weighted by molar-refractivity contribution is 0.342. The fourth-order valence-electron chi connectivity index (χ4n) is 3.48. The first-order valence-electron chi connectivity index (χ1n) is 7.65. The van der Waals surface area contributed by atoms with Gasteiger partial charge in [0.05, 0.1) is 17.1 Å². The molecule has 6 heteroatoms. The summed E-state index contributed by atoms with van der Waals surface area (Å²) in [5.41, 5.74) is 2.07. The molecule has 2 aromatic carbocycles. The normalized spacial score (nSPS) is 19.3. The lowest BCUT2D eigenvalue weighted by atomic mass is 9.84. The topological polar surface area (TPSA) is 52.1 Å². The maximum absolute atomic E-state index is 9.94. The number of aromatic nitrogens is 2. The van der Waals surface area contributed by atoms with Crippen molar-refractivity contribution in [2.24, 2.45) is 0 Å². The van der Waals surface area contributed by atoms with E-state index in [1.54, 1.807) is 0 Å². The summed E-state index contributed by atoms with van der Waals surface area (Å²) in [5.74, 6) is 0.962. The van der Waals surface area contributed by atoms with E-state index >= 15 is 0 Å². The maximum atomic E-state index is 9.94. The van der Waals surface area contributed by atoms with Crippen molar-refractivity contribution in [1.29, 1.82) is 0 Å². The zero-order valence-electron chi connectivity index (χ0n) is 12.4. The Kier molecular flexibility index (Phi) is 3.48. The molecule has 3 aromatic rings. The van der Waals surface area contributed by atoms with Gasteiger partial charge in [-0.15, -0.1) is 0 Å². The van der Waals surface area contributed by atoms with E-state index in [1.807, 2.05) is 12.9 Å². The summed E-state index contributed by atoms with van der Waals surface area (Å²) in [6.45, 7) is 2.75. The summed E-state index contributed by atoms with van der Waals surface area (Å²) in [6, 6.07) is 10.6. The minimum atomic E-state index is -0.437. The summed E-state index contributed by atoms with van der Waals surface area (Å²) in [4.78, 5) is 10.4. The van der Waals surface area contributed by atoms with Gasteiger partial charge in [0.25, 0.3) is 0 Å². The van der Waals surface area contributed by atoms with E-state index in [1.165, 1.54) is 5.39 Å². The van der Waals surface area contributed by atoms with Crippen molar-refractivity contribution in [3.05, 3.63) is 40.6 Å². The summed E-state index contributed by atoms with van der Waals surface area (Å²) in [5, 5.41) is 12.3. The van der Waals surface area contributed by atoms with E-state index < -0.39 is 7.05 Å². The fourth-order valence-corrected chi connectivity index (χ4v) is 3.86. The molecule has 0 amide bonds. The Balaban J connectivity index is 1.85. The number of hydrogen-bond donors (Lipinski definition) is 2. The van der Waals surface area contributed by atoms with Gasteiger partial charge in [-0.3, -0.25) is 0 Å². The second-order valence-corrected chi connectivity index (χ2v) is 6.89. The zero-order chi connectivity index (χ0) is 15.3. The molecule has 0 aliphatic carbocycles. The van der Waals surface area contributed by atoms with Crippen LogP contribution in [0.5, 0.6) is 0 Å².